The minimum absolute atomic E-state index is 0.0657. The van der Waals surface area contributed by atoms with Crippen molar-refractivity contribution in [1.29, 1.82) is 0 Å². The first-order valence-electron chi connectivity index (χ1n) is 6.24. The van der Waals surface area contributed by atoms with Crippen LogP contribution >= 0.6 is 15.9 Å². The van der Waals surface area contributed by atoms with Gasteiger partial charge in [-0.2, -0.15) is 8.78 Å². The van der Waals surface area contributed by atoms with Crippen LogP contribution in [0.4, 0.5) is 8.78 Å². The first-order valence-corrected chi connectivity index (χ1v) is 7.36. The highest BCUT2D eigenvalue weighted by Gasteiger charge is 2.13. The number of nitrogens with zero attached hydrogens (tertiary/aromatic N) is 2. The lowest BCUT2D eigenvalue weighted by Crippen LogP contribution is -2.03. The Morgan fingerprint density at radius 2 is 2.14 bits per heavy atom. The predicted molar refractivity (Wildman–Crippen MR) is 77.9 cm³/mol. The largest absolute Gasteiger partial charge is 0.476 e. The van der Waals surface area contributed by atoms with Crippen molar-refractivity contribution in [1.82, 2.24) is 9.97 Å². The number of halogens is 3. The van der Waals surface area contributed by atoms with Crippen LogP contribution in [0.2, 0.25) is 0 Å². The van der Waals surface area contributed by atoms with E-state index in [1.165, 1.54) is 12.1 Å². The molecule has 0 N–H and O–H groups in total. The van der Waals surface area contributed by atoms with E-state index in [-0.39, 0.29) is 5.75 Å². The number of hydrogen-bond acceptors (Lipinski definition) is 4. The Bertz CT molecular complexity index is 611. The molecule has 0 saturated carbocycles. The van der Waals surface area contributed by atoms with Crippen molar-refractivity contribution in [3.63, 3.8) is 0 Å². The van der Waals surface area contributed by atoms with E-state index in [9.17, 15) is 8.78 Å². The Balaban J connectivity index is 2.43. The van der Waals surface area contributed by atoms with E-state index in [4.69, 9.17) is 4.74 Å². The van der Waals surface area contributed by atoms with Gasteiger partial charge < -0.3 is 9.47 Å². The Labute approximate surface area is 129 Å². The lowest BCUT2D eigenvalue weighted by molar-refractivity contribution is -0.0498. The second kappa shape index (κ2) is 7.31. The van der Waals surface area contributed by atoms with Crippen LogP contribution in [-0.4, -0.2) is 23.2 Å². The average Bonchev–Trinajstić information content (AvgIpc) is 2.47. The van der Waals surface area contributed by atoms with Crippen LogP contribution in [0.5, 0.6) is 11.6 Å². The van der Waals surface area contributed by atoms with Gasteiger partial charge in [-0.3, -0.25) is 0 Å². The SMILES string of the molecule is CCOc1ncc(CBr)nc1-c1cccc(OC(F)F)c1. The number of hydrogen-bond donors (Lipinski definition) is 0. The van der Waals surface area contributed by atoms with Crippen molar-refractivity contribution in [2.45, 2.75) is 18.9 Å². The van der Waals surface area contributed by atoms with E-state index < -0.39 is 6.61 Å². The number of ether oxygens (including phenoxy) is 2. The van der Waals surface area contributed by atoms with Gasteiger partial charge in [0.05, 0.1) is 18.5 Å². The summed E-state index contributed by atoms with van der Waals surface area (Å²) in [7, 11) is 0. The topological polar surface area (TPSA) is 44.2 Å². The molecule has 1 aromatic heterocycles. The van der Waals surface area contributed by atoms with Gasteiger partial charge in [0.2, 0.25) is 5.88 Å². The van der Waals surface area contributed by atoms with Gasteiger partial charge in [0.1, 0.15) is 11.4 Å². The van der Waals surface area contributed by atoms with Crippen LogP contribution in [0.3, 0.4) is 0 Å². The second-order valence-corrected chi connectivity index (χ2v) is 4.55. The third kappa shape index (κ3) is 4.10. The Morgan fingerprint density at radius 3 is 2.81 bits per heavy atom. The van der Waals surface area contributed by atoms with E-state index in [0.717, 1.165) is 0 Å². The van der Waals surface area contributed by atoms with E-state index >= 15 is 0 Å². The summed E-state index contributed by atoms with van der Waals surface area (Å²) in [6.45, 7) is -0.602. The molecule has 0 aliphatic carbocycles. The van der Waals surface area contributed by atoms with Gasteiger partial charge in [-0.05, 0) is 19.1 Å². The summed E-state index contributed by atoms with van der Waals surface area (Å²) in [6.07, 6.45) is 1.60. The molecule has 0 unspecified atom stereocenters. The molecule has 0 aliphatic heterocycles. The molecule has 0 bridgehead atoms. The summed E-state index contributed by atoms with van der Waals surface area (Å²) in [5, 5.41) is 0.534. The number of rotatable bonds is 6. The predicted octanol–water partition coefficient (Wildman–Crippen LogP) is 4.04. The molecule has 0 aliphatic rings. The number of benzene rings is 1. The van der Waals surface area contributed by atoms with Crippen molar-refractivity contribution in [2.24, 2.45) is 0 Å². The highest BCUT2D eigenvalue weighted by molar-refractivity contribution is 9.08. The van der Waals surface area contributed by atoms with Gasteiger partial charge in [0.25, 0.3) is 0 Å². The minimum atomic E-state index is -2.87. The fourth-order valence-electron chi connectivity index (χ4n) is 1.73. The minimum Gasteiger partial charge on any atom is -0.476 e. The maximum Gasteiger partial charge on any atom is 0.387 e. The molecule has 1 heterocycles. The molecule has 112 valence electrons. The van der Waals surface area contributed by atoms with Crippen LogP contribution < -0.4 is 9.47 Å². The van der Waals surface area contributed by atoms with Crippen molar-refractivity contribution >= 4 is 15.9 Å². The van der Waals surface area contributed by atoms with Crippen molar-refractivity contribution in [3.05, 3.63) is 36.2 Å². The highest BCUT2D eigenvalue weighted by Crippen LogP contribution is 2.29. The molecule has 4 nitrogen and oxygen atoms in total. The monoisotopic (exact) mass is 358 g/mol. The van der Waals surface area contributed by atoms with Gasteiger partial charge >= 0.3 is 6.61 Å². The first kappa shape index (κ1) is 15.6. The molecule has 0 amide bonds. The van der Waals surface area contributed by atoms with Gasteiger partial charge in [-0.25, -0.2) is 9.97 Å². The quantitative estimate of drug-likeness (QED) is 0.731. The lowest BCUT2D eigenvalue weighted by Gasteiger charge is -2.11. The standard InChI is InChI=1S/C14H13BrF2N2O2/c1-2-20-13-12(19-10(7-15)8-18-13)9-4-3-5-11(6-9)21-14(16)17/h3-6,8,14H,2,7H2,1H3. The number of alkyl halides is 3. The summed E-state index contributed by atoms with van der Waals surface area (Å²) in [6, 6.07) is 6.29. The van der Waals surface area contributed by atoms with E-state index in [1.54, 1.807) is 18.3 Å². The van der Waals surface area contributed by atoms with Crippen LogP contribution in [-0.2, 0) is 5.33 Å². The smallest absolute Gasteiger partial charge is 0.387 e. The van der Waals surface area contributed by atoms with Crippen LogP contribution in [0.25, 0.3) is 11.3 Å². The molecule has 2 rings (SSSR count). The van der Waals surface area contributed by atoms with Crippen molar-refractivity contribution in [2.75, 3.05) is 6.61 Å². The van der Waals surface area contributed by atoms with Crippen LogP contribution in [0.15, 0.2) is 30.5 Å². The number of aromatic nitrogens is 2. The summed E-state index contributed by atoms with van der Waals surface area (Å²) in [5.41, 5.74) is 1.81. The molecule has 0 fully saturated rings. The molecule has 0 atom stereocenters. The molecule has 0 spiro atoms. The Hall–Kier alpha value is -1.76. The second-order valence-electron chi connectivity index (χ2n) is 3.99. The average molecular weight is 359 g/mol. The van der Waals surface area contributed by atoms with Crippen LogP contribution in [0, 0.1) is 0 Å². The highest BCUT2D eigenvalue weighted by atomic mass is 79.9. The van der Waals surface area contributed by atoms with Crippen molar-refractivity contribution < 1.29 is 18.3 Å². The summed E-state index contributed by atoms with van der Waals surface area (Å²) >= 11 is 3.31. The molecule has 0 saturated heterocycles. The van der Waals surface area contributed by atoms with E-state index in [0.29, 0.717) is 34.8 Å². The van der Waals surface area contributed by atoms with Crippen LogP contribution in [0.1, 0.15) is 12.6 Å². The summed E-state index contributed by atoms with van der Waals surface area (Å²) in [4.78, 5) is 8.63. The molecular weight excluding hydrogens is 346 g/mol. The Kier molecular flexibility index (Phi) is 5.44. The van der Waals surface area contributed by atoms with Gasteiger partial charge in [0.15, 0.2) is 0 Å². The van der Waals surface area contributed by atoms with E-state index in [2.05, 4.69) is 30.6 Å². The molecule has 2 aromatic rings. The zero-order valence-corrected chi connectivity index (χ0v) is 12.8. The molecular formula is C14H13BrF2N2O2. The van der Waals surface area contributed by atoms with E-state index in [1.807, 2.05) is 6.92 Å². The molecule has 0 radical (unpaired) electrons. The maximum atomic E-state index is 12.3. The fraction of sp³-hybridized carbons (Fsp3) is 0.286. The fourth-order valence-corrected chi connectivity index (χ4v) is 2.00. The van der Waals surface area contributed by atoms with Gasteiger partial charge in [-0.15, -0.1) is 0 Å². The third-order valence-corrected chi connectivity index (χ3v) is 3.11. The lowest BCUT2D eigenvalue weighted by atomic mass is 10.1. The summed E-state index contributed by atoms with van der Waals surface area (Å²) < 4.78 is 34.4. The third-order valence-electron chi connectivity index (χ3n) is 2.54. The molecule has 21 heavy (non-hydrogen) atoms. The Morgan fingerprint density at radius 1 is 1.33 bits per heavy atom. The van der Waals surface area contributed by atoms with Crippen molar-refractivity contribution in [3.8, 4) is 22.9 Å². The maximum absolute atomic E-state index is 12.3. The summed E-state index contributed by atoms with van der Waals surface area (Å²) in [5.74, 6) is 0.424. The first-order chi connectivity index (χ1) is 10.1. The normalized spacial score (nSPS) is 10.7. The van der Waals surface area contributed by atoms with Gasteiger partial charge in [0, 0.05) is 10.9 Å². The molecule has 1 aromatic carbocycles. The zero-order chi connectivity index (χ0) is 15.2. The molecule has 7 heteroatoms. The zero-order valence-electron chi connectivity index (χ0n) is 11.2. The van der Waals surface area contributed by atoms with Gasteiger partial charge in [-0.1, -0.05) is 28.1 Å².